The van der Waals surface area contributed by atoms with Crippen LogP contribution < -0.4 is 10.5 Å². The monoisotopic (exact) mass is 302 g/mol. The SMILES string of the molecule is Cc1nc(CNS(=O)(=O)c2ccc(N)c(Cl)c2)no1. The van der Waals surface area contributed by atoms with Gasteiger partial charge < -0.3 is 10.3 Å². The second kappa shape index (κ2) is 5.16. The summed E-state index contributed by atoms with van der Waals surface area (Å²) in [6.45, 7) is 1.55. The van der Waals surface area contributed by atoms with Crippen LogP contribution in [0, 0.1) is 6.92 Å². The number of hydrogen-bond acceptors (Lipinski definition) is 6. The van der Waals surface area contributed by atoms with Crippen LogP contribution in [0.15, 0.2) is 27.6 Å². The van der Waals surface area contributed by atoms with E-state index in [1.54, 1.807) is 6.92 Å². The van der Waals surface area contributed by atoms with Crippen LogP contribution in [0.3, 0.4) is 0 Å². The number of anilines is 1. The van der Waals surface area contributed by atoms with Crippen LogP contribution in [-0.4, -0.2) is 18.6 Å². The second-order valence-corrected chi connectivity index (χ2v) is 5.91. The van der Waals surface area contributed by atoms with Crippen molar-refractivity contribution in [2.45, 2.75) is 18.4 Å². The van der Waals surface area contributed by atoms with Crippen molar-refractivity contribution >= 4 is 27.3 Å². The average Bonchev–Trinajstić information content (AvgIpc) is 2.76. The maximum atomic E-state index is 12.0. The number of nitrogens with one attached hydrogen (secondary N) is 1. The molecule has 0 spiro atoms. The molecule has 0 aliphatic rings. The zero-order valence-corrected chi connectivity index (χ0v) is 11.5. The van der Waals surface area contributed by atoms with E-state index in [-0.39, 0.29) is 22.3 Å². The number of nitrogens with zero attached hydrogens (tertiary/aromatic N) is 2. The van der Waals surface area contributed by atoms with Gasteiger partial charge in [-0.2, -0.15) is 4.98 Å². The lowest BCUT2D eigenvalue weighted by Crippen LogP contribution is -2.23. The molecule has 0 radical (unpaired) electrons. The summed E-state index contributed by atoms with van der Waals surface area (Å²) in [6.07, 6.45) is 0. The Bertz CT molecular complexity index is 699. The smallest absolute Gasteiger partial charge is 0.241 e. The van der Waals surface area contributed by atoms with E-state index in [0.717, 1.165) is 0 Å². The van der Waals surface area contributed by atoms with Crippen LogP contribution in [0.4, 0.5) is 5.69 Å². The van der Waals surface area contributed by atoms with Gasteiger partial charge in [-0.15, -0.1) is 0 Å². The zero-order chi connectivity index (χ0) is 14.0. The molecule has 1 aromatic heterocycles. The number of nitrogen functional groups attached to an aromatic ring is 1. The third kappa shape index (κ3) is 3.22. The summed E-state index contributed by atoms with van der Waals surface area (Å²) in [4.78, 5) is 3.91. The molecule has 0 aliphatic heterocycles. The molecule has 102 valence electrons. The Morgan fingerprint density at radius 2 is 2.21 bits per heavy atom. The number of aryl methyl sites for hydroxylation is 1. The number of halogens is 1. The van der Waals surface area contributed by atoms with Crippen molar-refractivity contribution in [1.82, 2.24) is 14.9 Å². The highest BCUT2D eigenvalue weighted by Crippen LogP contribution is 2.22. The molecule has 9 heteroatoms. The summed E-state index contributed by atoms with van der Waals surface area (Å²) in [6, 6.07) is 4.07. The highest BCUT2D eigenvalue weighted by Gasteiger charge is 2.16. The first-order chi connectivity index (χ1) is 8.88. The van der Waals surface area contributed by atoms with E-state index in [9.17, 15) is 8.42 Å². The van der Waals surface area contributed by atoms with Gasteiger partial charge >= 0.3 is 0 Å². The predicted molar refractivity (Wildman–Crippen MR) is 68.9 cm³/mol. The average molecular weight is 303 g/mol. The third-order valence-electron chi connectivity index (χ3n) is 2.27. The molecule has 3 N–H and O–H groups in total. The van der Waals surface area contributed by atoms with Crippen LogP contribution in [-0.2, 0) is 16.6 Å². The van der Waals surface area contributed by atoms with Crippen molar-refractivity contribution in [3.05, 3.63) is 34.9 Å². The van der Waals surface area contributed by atoms with Gasteiger partial charge in [0.15, 0.2) is 5.82 Å². The molecule has 0 saturated heterocycles. The molecule has 19 heavy (non-hydrogen) atoms. The lowest BCUT2D eigenvalue weighted by Gasteiger charge is -2.06. The quantitative estimate of drug-likeness (QED) is 0.818. The van der Waals surface area contributed by atoms with Crippen molar-refractivity contribution in [3.8, 4) is 0 Å². The number of sulfonamides is 1. The van der Waals surface area contributed by atoms with Gasteiger partial charge in [0.05, 0.1) is 22.2 Å². The summed E-state index contributed by atoms with van der Waals surface area (Å²) in [5.41, 5.74) is 5.83. The predicted octanol–water partition coefficient (Wildman–Crippen LogP) is 1.09. The van der Waals surface area contributed by atoms with E-state index in [4.69, 9.17) is 21.9 Å². The Kier molecular flexibility index (Phi) is 3.74. The summed E-state index contributed by atoms with van der Waals surface area (Å²) in [7, 11) is -3.70. The van der Waals surface area contributed by atoms with Crippen molar-refractivity contribution in [3.63, 3.8) is 0 Å². The van der Waals surface area contributed by atoms with Gasteiger partial charge in [-0.05, 0) is 18.2 Å². The van der Waals surface area contributed by atoms with Gasteiger partial charge in [-0.3, -0.25) is 0 Å². The van der Waals surface area contributed by atoms with Gasteiger partial charge in [0.1, 0.15) is 0 Å². The van der Waals surface area contributed by atoms with Crippen LogP contribution >= 0.6 is 11.6 Å². The zero-order valence-electron chi connectivity index (χ0n) is 9.92. The first-order valence-corrected chi connectivity index (χ1v) is 7.08. The van der Waals surface area contributed by atoms with Crippen LogP contribution in [0.2, 0.25) is 5.02 Å². The standard InChI is InChI=1S/C10H11ClN4O3S/c1-6-14-10(15-18-6)5-13-19(16,17)7-2-3-9(12)8(11)4-7/h2-4,13H,5,12H2,1H3. The summed E-state index contributed by atoms with van der Waals surface area (Å²) in [5.74, 6) is 0.618. The maximum absolute atomic E-state index is 12.0. The number of aromatic nitrogens is 2. The van der Waals surface area contributed by atoms with Gasteiger partial charge in [0, 0.05) is 6.92 Å². The molecule has 7 nitrogen and oxygen atoms in total. The molecule has 2 rings (SSSR count). The Morgan fingerprint density at radius 1 is 1.47 bits per heavy atom. The van der Waals surface area contributed by atoms with Crippen LogP contribution in [0.1, 0.15) is 11.7 Å². The Balaban J connectivity index is 2.16. The van der Waals surface area contributed by atoms with Gasteiger partial charge in [-0.25, -0.2) is 13.1 Å². The van der Waals surface area contributed by atoms with Crippen molar-refractivity contribution in [2.24, 2.45) is 0 Å². The number of hydrogen-bond donors (Lipinski definition) is 2. The highest BCUT2D eigenvalue weighted by atomic mass is 35.5. The third-order valence-corrected chi connectivity index (χ3v) is 4.00. The molecule has 0 aliphatic carbocycles. The van der Waals surface area contributed by atoms with E-state index in [0.29, 0.717) is 11.6 Å². The van der Waals surface area contributed by atoms with Crippen molar-refractivity contribution in [1.29, 1.82) is 0 Å². The summed E-state index contributed by atoms with van der Waals surface area (Å²) >= 11 is 5.78. The highest BCUT2D eigenvalue weighted by molar-refractivity contribution is 7.89. The molecule has 0 unspecified atom stereocenters. The first kappa shape index (κ1) is 13.8. The van der Waals surface area contributed by atoms with Gasteiger partial charge in [0.2, 0.25) is 15.9 Å². The molecular formula is C10H11ClN4O3S. The van der Waals surface area contributed by atoms with Crippen molar-refractivity contribution < 1.29 is 12.9 Å². The fourth-order valence-electron chi connectivity index (χ4n) is 1.33. The Hall–Kier alpha value is -1.64. The molecular weight excluding hydrogens is 292 g/mol. The van der Waals surface area contributed by atoms with Gasteiger partial charge in [-0.1, -0.05) is 16.8 Å². The summed E-state index contributed by atoms with van der Waals surface area (Å²) in [5, 5.41) is 3.76. The van der Waals surface area contributed by atoms with Crippen LogP contribution in [0.5, 0.6) is 0 Å². The Morgan fingerprint density at radius 3 is 2.79 bits per heavy atom. The molecule has 0 amide bonds. The van der Waals surface area contributed by atoms with E-state index >= 15 is 0 Å². The van der Waals surface area contributed by atoms with E-state index in [1.165, 1.54) is 18.2 Å². The second-order valence-electron chi connectivity index (χ2n) is 3.74. The number of rotatable bonds is 4. The fraction of sp³-hybridized carbons (Fsp3) is 0.200. The topological polar surface area (TPSA) is 111 Å². The minimum absolute atomic E-state index is 0.0203. The van der Waals surface area contributed by atoms with Crippen LogP contribution in [0.25, 0.3) is 0 Å². The largest absolute Gasteiger partial charge is 0.398 e. The molecule has 0 bridgehead atoms. The molecule has 1 aromatic carbocycles. The molecule has 0 saturated carbocycles. The molecule has 0 atom stereocenters. The fourth-order valence-corrected chi connectivity index (χ4v) is 2.58. The van der Waals surface area contributed by atoms with Crippen molar-refractivity contribution in [2.75, 3.05) is 5.73 Å². The van der Waals surface area contributed by atoms with E-state index in [2.05, 4.69) is 14.9 Å². The molecule has 0 fully saturated rings. The number of benzene rings is 1. The molecule has 1 heterocycles. The van der Waals surface area contributed by atoms with E-state index < -0.39 is 10.0 Å². The minimum Gasteiger partial charge on any atom is -0.398 e. The number of nitrogens with two attached hydrogens (primary N) is 1. The van der Waals surface area contributed by atoms with E-state index in [1.807, 2.05) is 0 Å². The lowest BCUT2D eigenvalue weighted by molar-refractivity contribution is 0.387. The normalized spacial score (nSPS) is 11.7. The summed E-state index contributed by atoms with van der Waals surface area (Å²) < 4.78 is 31.0. The maximum Gasteiger partial charge on any atom is 0.241 e. The lowest BCUT2D eigenvalue weighted by atomic mass is 10.3. The Labute approximate surface area is 114 Å². The first-order valence-electron chi connectivity index (χ1n) is 5.22. The minimum atomic E-state index is -3.70. The van der Waals surface area contributed by atoms with Gasteiger partial charge in [0.25, 0.3) is 0 Å². The molecule has 2 aromatic rings.